The van der Waals surface area contributed by atoms with Gasteiger partial charge < -0.3 is 15.2 Å². The summed E-state index contributed by atoms with van der Waals surface area (Å²) in [6, 6.07) is 10.0. The number of aromatic nitrogens is 6. The Bertz CT molecular complexity index is 1470. The van der Waals surface area contributed by atoms with Gasteiger partial charge in [-0.05, 0) is 30.3 Å². The van der Waals surface area contributed by atoms with Gasteiger partial charge in [0.05, 0.1) is 5.69 Å². The number of hydrogen-bond acceptors (Lipinski definition) is 6. The Morgan fingerprint density at radius 1 is 0.941 bits per heavy atom. The van der Waals surface area contributed by atoms with Crippen molar-refractivity contribution in [3.05, 3.63) is 73.0 Å². The van der Waals surface area contributed by atoms with Crippen LogP contribution in [-0.2, 0) is 0 Å². The second kappa shape index (κ2) is 8.31. The van der Waals surface area contributed by atoms with Crippen molar-refractivity contribution < 1.29 is 8.78 Å². The topological polar surface area (TPSA) is 87.5 Å². The van der Waals surface area contributed by atoms with Crippen LogP contribution < -0.4 is 10.2 Å². The first kappa shape index (κ1) is 20.4. The lowest BCUT2D eigenvalue weighted by Crippen LogP contribution is -2.43. The van der Waals surface area contributed by atoms with Crippen molar-refractivity contribution >= 4 is 16.9 Å². The number of hydrogen-bond donors (Lipinski definition) is 2. The third-order valence-corrected chi connectivity index (χ3v) is 6.03. The molecule has 1 saturated heterocycles. The average molecular weight is 458 g/mol. The van der Waals surface area contributed by atoms with E-state index in [1.165, 1.54) is 23.0 Å². The van der Waals surface area contributed by atoms with Gasteiger partial charge in [-0.3, -0.25) is 4.57 Å². The van der Waals surface area contributed by atoms with Crippen molar-refractivity contribution in [3.63, 3.8) is 0 Å². The van der Waals surface area contributed by atoms with Gasteiger partial charge in [-0.1, -0.05) is 6.07 Å². The summed E-state index contributed by atoms with van der Waals surface area (Å²) >= 11 is 0. The molecule has 0 bridgehead atoms. The van der Waals surface area contributed by atoms with E-state index >= 15 is 0 Å². The maximum Gasteiger partial charge on any atom is 0.182 e. The Labute approximate surface area is 193 Å². The van der Waals surface area contributed by atoms with Crippen LogP contribution in [0.4, 0.5) is 14.6 Å². The van der Waals surface area contributed by atoms with Crippen molar-refractivity contribution in [2.45, 2.75) is 0 Å². The molecule has 34 heavy (non-hydrogen) atoms. The van der Waals surface area contributed by atoms with Gasteiger partial charge in [0.1, 0.15) is 17.8 Å². The van der Waals surface area contributed by atoms with Crippen molar-refractivity contribution in [1.29, 1.82) is 0 Å². The minimum atomic E-state index is -0.960. The number of fused-ring (bicyclic) bond motifs is 1. The van der Waals surface area contributed by atoms with Crippen LogP contribution in [-0.4, -0.2) is 55.9 Å². The highest BCUT2D eigenvalue weighted by Gasteiger charge is 2.19. The molecule has 1 aromatic carbocycles. The molecule has 1 aliphatic heterocycles. The molecule has 2 N–H and O–H groups in total. The third kappa shape index (κ3) is 3.48. The number of nitrogens with one attached hydrogen (secondary N) is 2. The number of rotatable bonds is 4. The van der Waals surface area contributed by atoms with Gasteiger partial charge in [0.25, 0.3) is 0 Å². The van der Waals surface area contributed by atoms with Crippen molar-refractivity contribution in [1.82, 2.24) is 35.0 Å². The van der Waals surface area contributed by atoms with Crippen LogP contribution in [0, 0.1) is 11.6 Å². The molecule has 5 heterocycles. The van der Waals surface area contributed by atoms with E-state index in [1.807, 2.05) is 24.4 Å². The van der Waals surface area contributed by atoms with Gasteiger partial charge in [0, 0.05) is 66.8 Å². The molecule has 10 heteroatoms. The number of benzene rings is 1. The first-order valence-electron chi connectivity index (χ1n) is 10.9. The Balaban J connectivity index is 1.38. The van der Waals surface area contributed by atoms with Crippen molar-refractivity contribution in [2.75, 3.05) is 31.1 Å². The van der Waals surface area contributed by atoms with E-state index in [0.29, 0.717) is 17.0 Å². The fourth-order valence-electron chi connectivity index (χ4n) is 4.26. The van der Waals surface area contributed by atoms with Crippen LogP contribution in [0.5, 0.6) is 0 Å². The second-order valence-corrected chi connectivity index (χ2v) is 8.06. The maximum atomic E-state index is 14.5. The molecule has 0 radical (unpaired) electrons. The zero-order chi connectivity index (χ0) is 23.1. The van der Waals surface area contributed by atoms with Crippen LogP contribution in [0.25, 0.3) is 39.2 Å². The quantitative estimate of drug-likeness (QED) is 0.428. The highest BCUT2D eigenvalue weighted by atomic mass is 19.2. The van der Waals surface area contributed by atoms with Crippen molar-refractivity contribution in [3.8, 4) is 28.2 Å². The molecule has 1 aliphatic rings. The zero-order valence-electron chi connectivity index (χ0n) is 18.0. The lowest BCUT2D eigenvalue weighted by molar-refractivity contribution is 0.504. The molecule has 5 aromatic rings. The first-order valence-corrected chi connectivity index (χ1v) is 10.9. The lowest BCUT2D eigenvalue weighted by Gasteiger charge is -2.28. The standard InChI is InChI=1S/C24H20F2N8/c25-19-2-1-3-20(22(19)26)34-14-31-32-24(34)18-13-30-23-17(18)10-16(12-29-23)15-4-5-21(28-11-15)33-8-6-27-7-9-33/h1-5,10-14,27H,6-9H2,(H,29,30). The fraction of sp³-hybridized carbons (Fsp3) is 0.167. The summed E-state index contributed by atoms with van der Waals surface area (Å²) in [6.07, 6.45) is 6.73. The summed E-state index contributed by atoms with van der Waals surface area (Å²) in [5.41, 5.74) is 3.18. The number of nitrogens with zero attached hydrogens (tertiary/aromatic N) is 6. The monoisotopic (exact) mass is 458 g/mol. The van der Waals surface area contributed by atoms with Crippen LogP contribution in [0.3, 0.4) is 0 Å². The Kier molecular flexibility index (Phi) is 4.99. The molecule has 1 fully saturated rings. The molecule has 6 rings (SSSR count). The number of anilines is 1. The van der Waals surface area contributed by atoms with Gasteiger partial charge in [-0.15, -0.1) is 10.2 Å². The van der Waals surface area contributed by atoms with Crippen LogP contribution >= 0.6 is 0 Å². The van der Waals surface area contributed by atoms with Gasteiger partial charge in [-0.2, -0.15) is 0 Å². The smallest absolute Gasteiger partial charge is 0.182 e. The molecule has 0 unspecified atom stereocenters. The third-order valence-electron chi connectivity index (χ3n) is 6.03. The van der Waals surface area contributed by atoms with E-state index in [2.05, 4.69) is 35.4 Å². The lowest BCUT2D eigenvalue weighted by atomic mass is 10.1. The summed E-state index contributed by atoms with van der Waals surface area (Å²) in [7, 11) is 0. The molecular weight excluding hydrogens is 438 g/mol. The molecule has 0 aliphatic carbocycles. The predicted molar refractivity (Wildman–Crippen MR) is 125 cm³/mol. The van der Waals surface area contributed by atoms with E-state index in [4.69, 9.17) is 0 Å². The molecule has 0 spiro atoms. The second-order valence-electron chi connectivity index (χ2n) is 8.06. The van der Waals surface area contributed by atoms with E-state index in [-0.39, 0.29) is 5.69 Å². The summed E-state index contributed by atoms with van der Waals surface area (Å²) < 4.78 is 29.7. The number of aromatic amines is 1. The molecule has 0 saturated carbocycles. The Morgan fingerprint density at radius 3 is 2.62 bits per heavy atom. The summed E-state index contributed by atoms with van der Waals surface area (Å²) in [5, 5.41) is 12.2. The van der Waals surface area contributed by atoms with Crippen LogP contribution in [0.15, 0.2) is 61.3 Å². The van der Waals surface area contributed by atoms with Gasteiger partial charge in [0.15, 0.2) is 17.5 Å². The molecule has 0 atom stereocenters. The highest BCUT2D eigenvalue weighted by Crippen LogP contribution is 2.32. The SMILES string of the molecule is Fc1cccc(-n2cnnc2-c2c[nH]c3ncc(-c4ccc(N5CCNCC5)nc4)cc23)c1F. The largest absolute Gasteiger partial charge is 0.354 e. The molecule has 4 aromatic heterocycles. The molecular formula is C24H20F2N8. The summed E-state index contributed by atoms with van der Waals surface area (Å²) in [5.74, 6) is -0.566. The molecule has 170 valence electrons. The van der Waals surface area contributed by atoms with Gasteiger partial charge >= 0.3 is 0 Å². The Morgan fingerprint density at radius 2 is 1.79 bits per heavy atom. The number of H-pyrrole nitrogens is 1. The summed E-state index contributed by atoms with van der Waals surface area (Å²) in [6.45, 7) is 3.76. The van der Waals surface area contributed by atoms with Gasteiger partial charge in [0.2, 0.25) is 0 Å². The molecule has 0 amide bonds. The van der Waals surface area contributed by atoms with Gasteiger partial charge in [-0.25, -0.2) is 18.7 Å². The molecule has 8 nitrogen and oxygen atoms in total. The average Bonchev–Trinajstić information content (AvgIpc) is 3.53. The normalized spacial score (nSPS) is 14.1. The van der Waals surface area contributed by atoms with Crippen molar-refractivity contribution in [2.24, 2.45) is 0 Å². The maximum absolute atomic E-state index is 14.5. The fourth-order valence-corrected chi connectivity index (χ4v) is 4.26. The Hall–Kier alpha value is -4.18. The van der Waals surface area contributed by atoms with E-state index < -0.39 is 11.6 Å². The number of piperazine rings is 1. The highest BCUT2D eigenvalue weighted by molar-refractivity contribution is 5.94. The zero-order valence-corrected chi connectivity index (χ0v) is 18.0. The van der Waals surface area contributed by atoms with E-state index in [9.17, 15) is 8.78 Å². The predicted octanol–water partition coefficient (Wildman–Crippen LogP) is 3.56. The van der Waals surface area contributed by atoms with E-state index in [0.717, 1.165) is 54.6 Å². The minimum Gasteiger partial charge on any atom is -0.354 e. The van der Waals surface area contributed by atoms with Crippen LogP contribution in [0.1, 0.15) is 0 Å². The minimum absolute atomic E-state index is 0.0335. The van der Waals surface area contributed by atoms with E-state index in [1.54, 1.807) is 12.4 Å². The van der Waals surface area contributed by atoms with Crippen LogP contribution in [0.2, 0.25) is 0 Å². The summed E-state index contributed by atoms with van der Waals surface area (Å²) in [4.78, 5) is 14.6. The number of pyridine rings is 2. The first-order chi connectivity index (χ1) is 16.7. The number of halogens is 2.